The van der Waals surface area contributed by atoms with E-state index in [2.05, 4.69) is 41.8 Å². The minimum atomic E-state index is 0.490. The van der Waals surface area contributed by atoms with Gasteiger partial charge in [0.1, 0.15) is 5.84 Å². The molecule has 0 radical (unpaired) electrons. The molecule has 3 heteroatoms. The summed E-state index contributed by atoms with van der Waals surface area (Å²) in [5.41, 5.74) is 2.77. The fourth-order valence-electron chi connectivity index (χ4n) is 3.06. The SMILES string of the molecule is C=C/C=C\Cc1ccc(C2CCCN3CCSN=C23)cc1. The number of amidine groups is 1. The predicted octanol–water partition coefficient (Wildman–Crippen LogP) is 4.21. The van der Waals surface area contributed by atoms with E-state index in [1.807, 2.05) is 12.2 Å². The lowest BCUT2D eigenvalue weighted by atomic mass is 9.88. The summed E-state index contributed by atoms with van der Waals surface area (Å²) in [6.07, 6.45) is 9.45. The number of nitrogens with zero attached hydrogens (tertiary/aromatic N) is 2. The van der Waals surface area contributed by atoms with Crippen molar-refractivity contribution in [3.05, 3.63) is 60.2 Å². The van der Waals surface area contributed by atoms with Gasteiger partial charge in [0.25, 0.3) is 0 Å². The largest absolute Gasteiger partial charge is 0.358 e. The van der Waals surface area contributed by atoms with E-state index in [0.717, 1.165) is 18.7 Å². The van der Waals surface area contributed by atoms with Crippen molar-refractivity contribution in [3.8, 4) is 0 Å². The Morgan fingerprint density at radius 3 is 2.95 bits per heavy atom. The highest BCUT2D eigenvalue weighted by molar-refractivity contribution is 7.98. The second-order valence-electron chi connectivity index (χ2n) is 5.57. The molecule has 21 heavy (non-hydrogen) atoms. The van der Waals surface area contributed by atoms with Gasteiger partial charge in [0, 0.05) is 24.8 Å². The van der Waals surface area contributed by atoms with Crippen molar-refractivity contribution in [2.75, 3.05) is 18.8 Å². The molecule has 1 aromatic rings. The molecule has 0 amide bonds. The van der Waals surface area contributed by atoms with Gasteiger partial charge in [-0.2, -0.15) is 0 Å². The highest BCUT2D eigenvalue weighted by Gasteiger charge is 2.29. The fraction of sp³-hybridized carbons (Fsp3) is 0.389. The molecule has 0 saturated carbocycles. The lowest BCUT2D eigenvalue weighted by molar-refractivity contribution is 0.371. The van der Waals surface area contributed by atoms with E-state index in [1.165, 1.54) is 36.3 Å². The van der Waals surface area contributed by atoms with Gasteiger partial charge in [-0.15, -0.1) is 0 Å². The monoisotopic (exact) mass is 298 g/mol. The van der Waals surface area contributed by atoms with Gasteiger partial charge in [-0.3, -0.25) is 0 Å². The van der Waals surface area contributed by atoms with E-state index >= 15 is 0 Å². The van der Waals surface area contributed by atoms with Crippen molar-refractivity contribution in [3.63, 3.8) is 0 Å². The van der Waals surface area contributed by atoms with Crippen molar-refractivity contribution in [2.24, 2.45) is 4.40 Å². The summed E-state index contributed by atoms with van der Waals surface area (Å²) in [7, 11) is 0. The normalized spacial score (nSPS) is 22.0. The second kappa shape index (κ2) is 6.99. The van der Waals surface area contributed by atoms with E-state index in [1.54, 1.807) is 11.9 Å². The van der Waals surface area contributed by atoms with Crippen LogP contribution in [0.15, 0.2) is 53.5 Å². The van der Waals surface area contributed by atoms with Crippen molar-refractivity contribution in [1.82, 2.24) is 4.90 Å². The highest BCUT2D eigenvalue weighted by Crippen LogP contribution is 2.32. The predicted molar refractivity (Wildman–Crippen MR) is 92.9 cm³/mol. The summed E-state index contributed by atoms with van der Waals surface area (Å²) >= 11 is 1.72. The van der Waals surface area contributed by atoms with Crippen molar-refractivity contribution >= 4 is 17.8 Å². The van der Waals surface area contributed by atoms with Gasteiger partial charge in [-0.1, -0.05) is 49.1 Å². The summed E-state index contributed by atoms with van der Waals surface area (Å²) in [5, 5.41) is 0. The smallest absolute Gasteiger partial charge is 0.120 e. The van der Waals surface area contributed by atoms with E-state index in [-0.39, 0.29) is 0 Å². The van der Waals surface area contributed by atoms with E-state index in [9.17, 15) is 0 Å². The summed E-state index contributed by atoms with van der Waals surface area (Å²) in [5.74, 6) is 2.92. The maximum Gasteiger partial charge on any atom is 0.120 e. The fourth-order valence-corrected chi connectivity index (χ4v) is 3.83. The Bertz CT molecular complexity index is 545. The van der Waals surface area contributed by atoms with Gasteiger partial charge in [0.2, 0.25) is 0 Å². The molecule has 1 fully saturated rings. The van der Waals surface area contributed by atoms with Crippen molar-refractivity contribution in [2.45, 2.75) is 25.2 Å². The quantitative estimate of drug-likeness (QED) is 0.611. The van der Waals surface area contributed by atoms with Crippen molar-refractivity contribution in [1.29, 1.82) is 0 Å². The molecule has 0 N–H and O–H groups in total. The van der Waals surface area contributed by atoms with E-state index in [0.29, 0.717) is 5.92 Å². The van der Waals surface area contributed by atoms with Crippen LogP contribution in [0, 0.1) is 0 Å². The third kappa shape index (κ3) is 3.41. The number of hydrogen-bond acceptors (Lipinski definition) is 3. The first-order valence-electron chi connectivity index (χ1n) is 7.69. The lowest BCUT2D eigenvalue weighted by Gasteiger charge is -2.37. The zero-order valence-corrected chi connectivity index (χ0v) is 13.2. The Morgan fingerprint density at radius 2 is 2.14 bits per heavy atom. The van der Waals surface area contributed by atoms with Crippen LogP contribution in [0.2, 0.25) is 0 Å². The molecule has 2 aliphatic heterocycles. The Labute approximate surface area is 131 Å². The van der Waals surface area contributed by atoms with Gasteiger partial charge in [-0.05, 0) is 42.3 Å². The summed E-state index contributed by atoms with van der Waals surface area (Å²) < 4.78 is 4.73. The molecule has 3 rings (SSSR count). The van der Waals surface area contributed by atoms with Gasteiger partial charge in [-0.25, -0.2) is 4.40 Å². The molecule has 0 spiro atoms. The first-order valence-corrected chi connectivity index (χ1v) is 8.64. The highest BCUT2D eigenvalue weighted by atomic mass is 32.2. The average Bonchev–Trinajstić information content (AvgIpc) is 2.55. The first-order chi connectivity index (χ1) is 10.4. The minimum Gasteiger partial charge on any atom is -0.358 e. The molecule has 0 aromatic heterocycles. The van der Waals surface area contributed by atoms with E-state index < -0.39 is 0 Å². The van der Waals surface area contributed by atoms with Gasteiger partial charge >= 0.3 is 0 Å². The van der Waals surface area contributed by atoms with Gasteiger partial charge in [0.05, 0.1) is 0 Å². The summed E-state index contributed by atoms with van der Waals surface area (Å²) in [4.78, 5) is 2.48. The Kier molecular flexibility index (Phi) is 4.81. The Balaban J connectivity index is 1.75. The third-order valence-electron chi connectivity index (χ3n) is 4.17. The molecule has 1 saturated heterocycles. The molecule has 2 aliphatic rings. The van der Waals surface area contributed by atoms with Gasteiger partial charge in [0.15, 0.2) is 0 Å². The first kappa shape index (κ1) is 14.5. The van der Waals surface area contributed by atoms with Crippen LogP contribution in [0.3, 0.4) is 0 Å². The van der Waals surface area contributed by atoms with Crippen LogP contribution in [0.1, 0.15) is 29.9 Å². The number of fused-ring (bicyclic) bond motifs is 1. The zero-order valence-electron chi connectivity index (χ0n) is 12.4. The number of allylic oxidation sites excluding steroid dienone is 3. The number of piperidine rings is 1. The number of rotatable bonds is 4. The molecular weight excluding hydrogens is 276 g/mol. The van der Waals surface area contributed by atoms with Crippen LogP contribution in [0.25, 0.3) is 0 Å². The average molecular weight is 298 g/mol. The van der Waals surface area contributed by atoms with Gasteiger partial charge < -0.3 is 4.90 Å². The van der Waals surface area contributed by atoms with Crippen LogP contribution in [0.4, 0.5) is 0 Å². The van der Waals surface area contributed by atoms with E-state index in [4.69, 9.17) is 4.40 Å². The van der Waals surface area contributed by atoms with Crippen LogP contribution in [0.5, 0.6) is 0 Å². The molecule has 2 heterocycles. The standard InChI is InChI=1S/C18H22N2S/c1-2-3-4-6-15-8-10-16(11-9-15)17-7-5-12-20-13-14-21-19-18(17)20/h2-4,8-11,17H,1,5-7,12-14H2/b4-3-. The number of benzene rings is 1. The van der Waals surface area contributed by atoms with Crippen molar-refractivity contribution < 1.29 is 0 Å². The third-order valence-corrected chi connectivity index (χ3v) is 4.86. The second-order valence-corrected chi connectivity index (χ2v) is 6.42. The molecule has 2 nitrogen and oxygen atoms in total. The lowest BCUT2D eigenvalue weighted by Crippen LogP contribution is -2.42. The van der Waals surface area contributed by atoms with Crippen LogP contribution in [-0.4, -0.2) is 29.6 Å². The maximum absolute atomic E-state index is 4.73. The number of hydrogen-bond donors (Lipinski definition) is 0. The van der Waals surface area contributed by atoms with Crippen LogP contribution < -0.4 is 0 Å². The maximum atomic E-state index is 4.73. The molecule has 110 valence electrons. The topological polar surface area (TPSA) is 15.6 Å². The molecule has 1 atom stereocenters. The molecule has 1 aromatic carbocycles. The molecule has 1 unspecified atom stereocenters. The molecular formula is C18H22N2S. The summed E-state index contributed by atoms with van der Waals surface area (Å²) in [6.45, 7) is 6.04. The van der Waals surface area contributed by atoms with Crippen LogP contribution in [-0.2, 0) is 6.42 Å². The van der Waals surface area contributed by atoms with Crippen LogP contribution >= 0.6 is 11.9 Å². The summed E-state index contributed by atoms with van der Waals surface area (Å²) in [6, 6.07) is 9.07. The minimum absolute atomic E-state index is 0.490. The zero-order chi connectivity index (χ0) is 14.5. The molecule has 0 bridgehead atoms. The molecule has 0 aliphatic carbocycles. The Morgan fingerprint density at radius 1 is 1.29 bits per heavy atom. The Hall–Kier alpha value is -1.48.